The molecule has 0 radical (unpaired) electrons. The Labute approximate surface area is 83.0 Å². The SMILES string of the molecule is CC(F)(F)c1ccc(C(F)=C(F)F)cc1. The Hall–Kier alpha value is -1.39. The number of rotatable bonds is 2. The standard InChI is InChI=1S/C10H7F5/c1-10(14,15)7-4-2-6(3-5-7)8(11)9(12)13/h2-5H,1H3. The Morgan fingerprint density at radius 1 is 1.00 bits per heavy atom. The molecule has 0 fully saturated rings. The zero-order valence-electron chi connectivity index (χ0n) is 7.70. The molecule has 1 rings (SSSR count). The summed E-state index contributed by atoms with van der Waals surface area (Å²) < 4.78 is 61.6. The maximum absolute atomic E-state index is 12.7. The van der Waals surface area contributed by atoms with Gasteiger partial charge in [-0.15, -0.1) is 0 Å². The average Bonchev–Trinajstić information content (AvgIpc) is 2.15. The van der Waals surface area contributed by atoms with Gasteiger partial charge in [0, 0.05) is 18.1 Å². The summed E-state index contributed by atoms with van der Waals surface area (Å²) in [7, 11) is 0. The summed E-state index contributed by atoms with van der Waals surface area (Å²) >= 11 is 0. The minimum Gasteiger partial charge on any atom is -0.202 e. The van der Waals surface area contributed by atoms with E-state index in [1.807, 2.05) is 0 Å². The monoisotopic (exact) mass is 222 g/mol. The van der Waals surface area contributed by atoms with Crippen LogP contribution < -0.4 is 0 Å². The third-order valence-electron chi connectivity index (χ3n) is 1.81. The van der Waals surface area contributed by atoms with Crippen LogP contribution in [0.4, 0.5) is 22.0 Å². The molecule has 0 aromatic heterocycles. The van der Waals surface area contributed by atoms with Crippen LogP contribution in [0.5, 0.6) is 0 Å². The molecule has 0 nitrogen and oxygen atoms in total. The van der Waals surface area contributed by atoms with Crippen molar-refractivity contribution in [2.75, 3.05) is 0 Å². The lowest BCUT2D eigenvalue weighted by Crippen LogP contribution is -2.06. The maximum atomic E-state index is 12.7. The van der Waals surface area contributed by atoms with Crippen LogP contribution in [0.25, 0.3) is 5.83 Å². The largest absolute Gasteiger partial charge is 0.306 e. The summed E-state index contributed by atoms with van der Waals surface area (Å²) in [6, 6.07) is 3.61. The van der Waals surface area contributed by atoms with Gasteiger partial charge < -0.3 is 0 Å². The molecule has 0 saturated carbocycles. The lowest BCUT2D eigenvalue weighted by molar-refractivity contribution is 0.0175. The highest BCUT2D eigenvalue weighted by atomic mass is 19.3. The van der Waals surface area contributed by atoms with Crippen LogP contribution >= 0.6 is 0 Å². The van der Waals surface area contributed by atoms with E-state index >= 15 is 0 Å². The third-order valence-corrected chi connectivity index (χ3v) is 1.81. The van der Waals surface area contributed by atoms with E-state index in [9.17, 15) is 22.0 Å². The summed E-state index contributed by atoms with van der Waals surface area (Å²) in [5.74, 6) is -4.76. The Morgan fingerprint density at radius 2 is 1.47 bits per heavy atom. The van der Waals surface area contributed by atoms with Crippen LogP contribution in [0.2, 0.25) is 0 Å². The first-order valence-electron chi connectivity index (χ1n) is 4.02. The fourth-order valence-corrected chi connectivity index (χ4v) is 1.02. The van der Waals surface area contributed by atoms with E-state index in [1.165, 1.54) is 0 Å². The van der Waals surface area contributed by atoms with Crippen molar-refractivity contribution in [3.63, 3.8) is 0 Å². The molecule has 0 unspecified atom stereocenters. The van der Waals surface area contributed by atoms with Gasteiger partial charge in [0.05, 0.1) is 0 Å². The molecule has 0 heterocycles. The van der Waals surface area contributed by atoms with E-state index in [4.69, 9.17) is 0 Å². The molecule has 0 aliphatic heterocycles. The van der Waals surface area contributed by atoms with Crippen molar-refractivity contribution in [3.8, 4) is 0 Å². The molecule has 82 valence electrons. The molecule has 0 spiro atoms. The minimum atomic E-state index is -3.06. The first-order chi connectivity index (χ1) is 6.82. The maximum Gasteiger partial charge on any atom is 0.306 e. The molecule has 0 bridgehead atoms. The molecule has 0 aliphatic carbocycles. The molecular weight excluding hydrogens is 215 g/mol. The van der Waals surface area contributed by atoms with Crippen molar-refractivity contribution in [1.82, 2.24) is 0 Å². The van der Waals surface area contributed by atoms with Gasteiger partial charge in [-0.3, -0.25) is 0 Å². The predicted molar refractivity (Wildman–Crippen MR) is 46.3 cm³/mol. The Kier molecular flexibility index (Phi) is 3.12. The van der Waals surface area contributed by atoms with E-state index < -0.39 is 23.4 Å². The van der Waals surface area contributed by atoms with E-state index in [-0.39, 0.29) is 5.56 Å². The third kappa shape index (κ3) is 2.78. The zero-order chi connectivity index (χ0) is 11.6. The number of hydrogen-bond donors (Lipinski definition) is 0. The minimum absolute atomic E-state index is 0.349. The zero-order valence-corrected chi connectivity index (χ0v) is 7.70. The van der Waals surface area contributed by atoms with Crippen LogP contribution in [0, 0.1) is 0 Å². The molecule has 5 heteroatoms. The number of benzene rings is 1. The second-order valence-corrected chi connectivity index (χ2v) is 3.04. The van der Waals surface area contributed by atoms with Crippen molar-refractivity contribution in [2.24, 2.45) is 0 Å². The second kappa shape index (κ2) is 4.00. The topological polar surface area (TPSA) is 0 Å². The fourth-order valence-electron chi connectivity index (χ4n) is 1.02. The quantitative estimate of drug-likeness (QED) is 0.653. The fraction of sp³-hybridized carbons (Fsp3) is 0.200. The van der Waals surface area contributed by atoms with Gasteiger partial charge in [-0.05, 0) is 0 Å². The summed E-state index contributed by atoms with van der Waals surface area (Å²) in [6.07, 6.45) is -2.47. The number of alkyl halides is 2. The van der Waals surface area contributed by atoms with E-state index in [1.54, 1.807) is 0 Å². The Morgan fingerprint density at radius 3 is 1.80 bits per heavy atom. The Bertz CT molecular complexity index is 368. The van der Waals surface area contributed by atoms with Crippen LogP contribution in [0.3, 0.4) is 0 Å². The predicted octanol–water partition coefficient (Wildman–Crippen LogP) is 4.33. The van der Waals surface area contributed by atoms with Gasteiger partial charge in [-0.1, -0.05) is 24.3 Å². The van der Waals surface area contributed by atoms with E-state index in [2.05, 4.69) is 0 Å². The molecule has 0 aliphatic rings. The van der Waals surface area contributed by atoms with Gasteiger partial charge in [0.2, 0.25) is 0 Å². The van der Waals surface area contributed by atoms with E-state index in [0.29, 0.717) is 6.92 Å². The molecule has 0 atom stereocenters. The van der Waals surface area contributed by atoms with Crippen LogP contribution in [0.15, 0.2) is 30.3 Å². The second-order valence-electron chi connectivity index (χ2n) is 3.04. The van der Waals surface area contributed by atoms with Gasteiger partial charge in [-0.2, -0.15) is 8.78 Å². The van der Waals surface area contributed by atoms with Crippen LogP contribution in [0.1, 0.15) is 18.1 Å². The van der Waals surface area contributed by atoms with Crippen molar-refractivity contribution in [2.45, 2.75) is 12.8 Å². The summed E-state index contributed by atoms with van der Waals surface area (Å²) in [4.78, 5) is 0. The molecule has 1 aromatic rings. The number of hydrogen-bond acceptors (Lipinski definition) is 0. The lowest BCUT2D eigenvalue weighted by Gasteiger charge is -2.10. The molecule has 0 amide bonds. The van der Waals surface area contributed by atoms with Crippen molar-refractivity contribution < 1.29 is 22.0 Å². The van der Waals surface area contributed by atoms with Gasteiger partial charge in [-0.25, -0.2) is 13.2 Å². The lowest BCUT2D eigenvalue weighted by atomic mass is 10.1. The van der Waals surface area contributed by atoms with Crippen LogP contribution in [-0.4, -0.2) is 0 Å². The van der Waals surface area contributed by atoms with Gasteiger partial charge >= 0.3 is 6.08 Å². The highest BCUT2D eigenvalue weighted by Gasteiger charge is 2.24. The summed E-state index contributed by atoms with van der Waals surface area (Å²) in [6.45, 7) is 0.671. The van der Waals surface area contributed by atoms with Gasteiger partial charge in [0.15, 0.2) is 5.83 Å². The molecule has 15 heavy (non-hydrogen) atoms. The smallest absolute Gasteiger partial charge is 0.202 e. The summed E-state index contributed by atoms with van der Waals surface area (Å²) in [5.41, 5.74) is -0.763. The van der Waals surface area contributed by atoms with Gasteiger partial charge in [0.25, 0.3) is 5.92 Å². The van der Waals surface area contributed by atoms with E-state index in [0.717, 1.165) is 24.3 Å². The molecule has 0 N–H and O–H groups in total. The molecule has 1 aromatic carbocycles. The van der Waals surface area contributed by atoms with Crippen LogP contribution in [-0.2, 0) is 5.92 Å². The first-order valence-corrected chi connectivity index (χ1v) is 4.02. The van der Waals surface area contributed by atoms with Gasteiger partial charge in [0.1, 0.15) is 0 Å². The average molecular weight is 222 g/mol. The van der Waals surface area contributed by atoms with Crippen molar-refractivity contribution in [1.29, 1.82) is 0 Å². The highest BCUT2D eigenvalue weighted by molar-refractivity contribution is 5.59. The Balaban J connectivity index is 3.07. The van der Waals surface area contributed by atoms with Crippen molar-refractivity contribution >= 4 is 5.83 Å². The first kappa shape index (κ1) is 11.7. The normalized spacial score (nSPS) is 11.3. The van der Waals surface area contributed by atoms with Crippen molar-refractivity contribution in [3.05, 3.63) is 41.5 Å². The highest BCUT2D eigenvalue weighted by Crippen LogP contribution is 2.29. The molecular formula is C10H7F5. The summed E-state index contributed by atoms with van der Waals surface area (Å²) in [5, 5.41) is 0. The molecule has 0 saturated heterocycles. The number of halogens is 5.